The van der Waals surface area contributed by atoms with Crippen LogP contribution in [0.2, 0.25) is 0 Å². The summed E-state index contributed by atoms with van der Waals surface area (Å²) in [6.45, 7) is 1.55. The van der Waals surface area contributed by atoms with Crippen molar-refractivity contribution in [3.8, 4) is 17.0 Å². The van der Waals surface area contributed by atoms with Crippen molar-refractivity contribution in [1.82, 2.24) is 20.0 Å². The Kier molecular flexibility index (Phi) is 4.92. The largest absolute Gasteiger partial charge is 0.497 e. The lowest BCUT2D eigenvalue weighted by Crippen LogP contribution is -2.36. The Morgan fingerprint density at radius 3 is 2.61 bits per heavy atom. The molecule has 2 aromatic heterocycles. The number of hydrogen-bond acceptors (Lipinski definition) is 6. The second-order valence-corrected chi connectivity index (χ2v) is 6.77. The van der Waals surface area contributed by atoms with Crippen LogP contribution in [0.4, 0.5) is 5.82 Å². The zero-order chi connectivity index (χ0) is 19.5. The van der Waals surface area contributed by atoms with Gasteiger partial charge in [-0.3, -0.25) is 4.79 Å². The van der Waals surface area contributed by atoms with Gasteiger partial charge in [-0.15, -0.1) is 5.10 Å². The van der Waals surface area contributed by atoms with E-state index in [9.17, 15) is 4.79 Å². The molecular formula is C20H22N6O2. The Bertz CT molecular complexity index is 961. The summed E-state index contributed by atoms with van der Waals surface area (Å²) >= 11 is 0. The highest BCUT2D eigenvalue weighted by molar-refractivity contribution is 5.97. The molecule has 144 valence electrons. The molecule has 3 heterocycles. The number of primary amides is 1. The SMILES string of the molecule is COc1ccc(-c2cn(C3CCN(c4ncccc4C(N)=O)CC3)nn2)cc1. The van der Waals surface area contributed by atoms with Gasteiger partial charge >= 0.3 is 0 Å². The van der Waals surface area contributed by atoms with E-state index in [0.717, 1.165) is 42.9 Å². The molecule has 1 fully saturated rings. The summed E-state index contributed by atoms with van der Waals surface area (Å²) in [5.41, 5.74) is 7.78. The average molecular weight is 378 g/mol. The normalized spacial score (nSPS) is 14.8. The van der Waals surface area contributed by atoms with E-state index in [2.05, 4.69) is 20.2 Å². The molecule has 28 heavy (non-hydrogen) atoms. The lowest BCUT2D eigenvalue weighted by molar-refractivity contribution is 0.100. The van der Waals surface area contributed by atoms with Crippen LogP contribution in [-0.4, -0.2) is 46.1 Å². The Balaban J connectivity index is 1.44. The van der Waals surface area contributed by atoms with Gasteiger partial charge < -0.3 is 15.4 Å². The van der Waals surface area contributed by atoms with Crippen LogP contribution in [0.3, 0.4) is 0 Å². The number of pyridine rings is 1. The quantitative estimate of drug-likeness (QED) is 0.731. The first-order valence-corrected chi connectivity index (χ1v) is 9.21. The van der Waals surface area contributed by atoms with Gasteiger partial charge in [0.15, 0.2) is 0 Å². The molecule has 0 spiro atoms. The summed E-state index contributed by atoms with van der Waals surface area (Å²) in [6, 6.07) is 11.5. The van der Waals surface area contributed by atoms with Crippen LogP contribution in [0.1, 0.15) is 29.2 Å². The lowest BCUT2D eigenvalue weighted by Gasteiger charge is -2.33. The van der Waals surface area contributed by atoms with Crippen molar-refractivity contribution in [2.24, 2.45) is 5.73 Å². The number of rotatable bonds is 5. The van der Waals surface area contributed by atoms with Crippen LogP contribution >= 0.6 is 0 Å². The molecule has 0 aliphatic carbocycles. The summed E-state index contributed by atoms with van der Waals surface area (Å²) in [4.78, 5) is 18.1. The van der Waals surface area contributed by atoms with Gasteiger partial charge in [0.2, 0.25) is 0 Å². The molecule has 8 heteroatoms. The van der Waals surface area contributed by atoms with Gasteiger partial charge in [-0.05, 0) is 49.2 Å². The van der Waals surface area contributed by atoms with Crippen LogP contribution in [0, 0.1) is 0 Å². The summed E-state index contributed by atoms with van der Waals surface area (Å²) in [7, 11) is 1.65. The maximum absolute atomic E-state index is 11.7. The van der Waals surface area contributed by atoms with Crippen molar-refractivity contribution in [2.45, 2.75) is 18.9 Å². The van der Waals surface area contributed by atoms with Crippen molar-refractivity contribution in [1.29, 1.82) is 0 Å². The molecule has 2 N–H and O–H groups in total. The first-order valence-electron chi connectivity index (χ1n) is 9.21. The van der Waals surface area contributed by atoms with E-state index in [1.54, 1.807) is 25.4 Å². The summed E-state index contributed by atoms with van der Waals surface area (Å²) < 4.78 is 7.13. The minimum atomic E-state index is -0.453. The number of carbonyl (C=O) groups is 1. The summed E-state index contributed by atoms with van der Waals surface area (Å²) in [5.74, 6) is 1.02. The Morgan fingerprint density at radius 1 is 1.18 bits per heavy atom. The van der Waals surface area contributed by atoms with Gasteiger partial charge in [-0.2, -0.15) is 0 Å². The van der Waals surface area contributed by atoms with Gasteiger partial charge in [0.05, 0.1) is 24.9 Å². The number of piperidine rings is 1. The molecule has 1 aromatic carbocycles. The van der Waals surface area contributed by atoms with E-state index in [1.807, 2.05) is 35.1 Å². The third-order valence-electron chi connectivity index (χ3n) is 5.09. The summed E-state index contributed by atoms with van der Waals surface area (Å²) in [6.07, 6.45) is 5.45. The van der Waals surface area contributed by atoms with E-state index >= 15 is 0 Å². The van der Waals surface area contributed by atoms with Crippen LogP contribution < -0.4 is 15.4 Å². The first kappa shape index (κ1) is 18.0. The maximum atomic E-state index is 11.7. The maximum Gasteiger partial charge on any atom is 0.252 e. The third kappa shape index (κ3) is 3.53. The molecular weight excluding hydrogens is 356 g/mol. The number of ether oxygens (including phenoxy) is 1. The Labute approximate surface area is 162 Å². The highest BCUT2D eigenvalue weighted by Crippen LogP contribution is 2.28. The van der Waals surface area contributed by atoms with E-state index in [4.69, 9.17) is 10.5 Å². The standard InChI is InChI=1S/C20H22N6O2/c1-28-16-6-4-14(5-7-16)18-13-26(24-23-18)15-8-11-25(12-9-15)20-17(19(21)27)3-2-10-22-20/h2-7,10,13,15H,8-9,11-12H2,1H3,(H2,21,27). The molecule has 1 aliphatic rings. The Morgan fingerprint density at radius 2 is 1.93 bits per heavy atom. The van der Waals surface area contributed by atoms with Gasteiger partial charge in [-0.25, -0.2) is 9.67 Å². The van der Waals surface area contributed by atoms with Crippen molar-refractivity contribution >= 4 is 11.7 Å². The molecule has 1 amide bonds. The van der Waals surface area contributed by atoms with Crippen LogP contribution in [0.15, 0.2) is 48.8 Å². The number of benzene rings is 1. The van der Waals surface area contributed by atoms with Crippen molar-refractivity contribution in [3.63, 3.8) is 0 Å². The fraction of sp³-hybridized carbons (Fsp3) is 0.300. The lowest BCUT2D eigenvalue weighted by atomic mass is 10.0. The topological polar surface area (TPSA) is 99.2 Å². The van der Waals surface area contributed by atoms with Gasteiger partial charge in [0.1, 0.15) is 17.3 Å². The molecule has 0 radical (unpaired) electrons. The van der Waals surface area contributed by atoms with E-state index in [0.29, 0.717) is 11.4 Å². The van der Waals surface area contributed by atoms with Crippen molar-refractivity contribution in [2.75, 3.05) is 25.1 Å². The number of amides is 1. The van der Waals surface area contributed by atoms with Crippen molar-refractivity contribution < 1.29 is 9.53 Å². The molecule has 0 unspecified atom stereocenters. The zero-order valence-corrected chi connectivity index (χ0v) is 15.7. The second kappa shape index (κ2) is 7.67. The Hall–Kier alpha value is -3.42. The predicted octanol–water partition coefficient (Wildman–Crippen LogP) is 2.29. The van der Waals surface area contributed by atoms with Crippen LogP contribution in [0.25, 0.3) is 11.3 Å². The number of hydrogen-bond donors (Lipinski definition) is 1. The molecule has 1 saturated heterocycles. The molecule has 0 bridgehead atoms. The smallest absolute Gasteiger partial charge is 0.252 e. The molecule has 3 aromatic rings. The van der Waals surface area contributed by atoms with E-state index in [-0.39, 0.29) is 6.04 Å². The minimum absolute atomic E-state index is 0.261. The highest BCUT2D eigenvalue weighted by Gasteiger charge is 2.25. The fourth-order valence-corrected chi connectivity index (χ4v) is 3.53. The van der Waals surface area contributed by atoms with Crippen LogP contribution in [0.5, 0.6) is 5.75 Å². The fourth-order valence-electron chi connectivity index (χ4n) is 3.53. The monoisotopic (exact) mass is 378 g/mol. The predicted molar refractivity (Wildman–Crippen MR) is 105 cm³/mol. The zero-order valence-electron chi connectivity index (χ0n) is 15.7. The summed E-state index contributed by atoms with van der Waals surface area (Å²) in [5, 5.41) is 8.65. The number of nitrogens with two attached hydrogens (primary N) is 1. The van der Waals surface area contributed by atoms with Gasteiger partial charge in [-0.1, -0.05) is 5.21 Å². The average Bonchev–Trinajstić information content (AvgIpc) is 3.24. The number of anilines is 1. The van der Waals surface area contributed by atoms with E-state index in [1.165, 1.54) is 0 Å². The number of nitrogens with zero attached hydrogens (tertiary/aromatic N) is 5. The minimum Gasteiger partial charge on any atom is -0.497 e. The molecule has 0 saturated carbocycles. The number of methoxy groups -OCH3 is 1. The van der Waals surface area contributed by atoms with E-state index < -0.39 is 5.91 Å². The number of carbonyl (C=O) groups excluding carboxylic acids is 1. The van der Waals surface area contributed by atoms with Gasteiger partial charge in [0.25, 0.3) is 5.91 Å². The van der Waals surface area contributed by atoms with Gasteiger partial charge in [0, 0.05) is 24.8 Å². The van der Waals surface area contributed by atoms with Crippen LogP contribution in [-0.2, 0) is 0 Å². The second-order valence-electron chi connectivity index (χ2n) is 6.77. The number of aromatic nitrogens is 4. The third-order valence-corrected chi connectivity index (χ3v) is 5.09. The molecule has 0 atom stereocenters. The molecule has 1 aliphatic heterocycles. The van der Waals surface area contributed by atoms with Crippen molar-refractivity contribution in [3.05, 3.63) is 54.4 Å². The first-order chi connectivity index (χ1) is 13.7. The molecule has 4 rings (SSSR count). The molecule has 8 nitrogen and oxygen atoms in total. The highest BCUT2D eigenvalue weighted by atomic mass is 16.5.